The monoisotopic (exact) mass is 432 g/mol. The number of aromatic amines is 1. The van der Waals surface area contributed by atoms with Gasteiger partial charge in [-0.25, -0.2) is 0 Å². The van der Waals surface area contributed by atoms with Crippen LogP contribution in [0.3, 0.4) is 0 Å². The van der Waals surface area contributed by atoms with Gasteiger partial charge >= 0.3 is 0 Å². The van der Waals surface area contributed by atoms with Crippen molar-refractivity contribution >= 4 is 40.2 Å². The van der Waals surface area contributed by atoms with Gasteiger partial charge in [0.15, 0.2) is 11.0 Å². The van der Waals surface area contributed by atoms with Crippen LogP contribution < -0.4 is 11.1 Å². The lowest BCUT2D eigenvalue weighted by molar-refractivity contribution is -0.113. The van der Waals surface area contributed by atoms with Gasteiger partial charge in [-0.05, 0) is 31.0 Å². The van der Waals surface area contributed by atoms with Gasteiger partial charge in [0, 0.05) is 28.7 Å². The van der Waals surface area contributed by atoms with E-state index in [1.807, 2.05) is 24.4 Å². The summed E-state index contributed by atoms with van der Waals surface area (Å²) in [7, 11) is 0. The summed E-state index contributed by atoms with van der Waals surface area (Å²) in [5, 5.41) is 13.4. The molecule has 0 unspecified atom stereocenters. The quantitative estimate of drug-likeness (QED) is 0.386. The van der Waals surface area contributed by atoms with Gasteiger partial charge in [0.05, 0.1) is 17.0 Å². The molecule has 156 valence electrons. The van der Waals surface area contributed by atoms with Crippen LogP contribution in [0.2, 0.25) is 0 Å². The number of amides is 2. The average molecular weight is 433 g/mol. The molecule has 4 N–H and O–H groups in total. The number of carbonyl (C=O) groups excluding carboxylic acids is 2. The Hall–Kier alpha value is -3.59. The van der Waals surface area contributed by atoms with Crippen molar-refractivity contribution in [1.82, 2.24) is 19.7 Å². The van der Waals surface area contributed by atoms with Crippen molar-refractivity contribution in [2.24, 2.45) is 5.73 Å². The SMILES string of the molecule is NC(=O)c1ccccc1NC(=O)CSc1nnc(-c2c[nH]c3ccccc23)n1C1CC1. The maximum Gasteiger partial charge on any atom is 0.250 e. The molecule has 1 saturated carbocycles. The zero-order valence-electron chi connectivity index (χ0n) is 16.5. The molecule has 0 atom stereocenters. The largest absolute Gasteiger partial charge is 0.366 e. The highest BCUT2D eigenvalue weighted by molar-refractivity contribution is 7.99. The number of para-hydroxylation sites is 2. The van der Waals surface area contributed by atoms with Crippen molar-refractivity contribution in [2.75, 3.05) is 11.1 Å². The molecule has 31 heavy (non-hydrogen) atoms. The molecule has 1 aliphatic carbocycles. The second-order valence-corrected chi connectivity index (χ2v) is 8.34. The second-order valence-electron chi connectivity index (χ2n) is 7.40. The molecule has 2 heterocycles. The molecule has 0 saturated heterocycles. The van der Waals surface area contributed by atoms with E-state index in [4.69, 9.17) is 5.73 Å². The van der Waals surface area contributed by atoms with Crippen molar-refractivity contribution in [3.05, 3.63) is 60.3 Å². The normalized spacial score (nSPS) is 13.4. The number of fused-ring (bicyclic) bond motifs is 1. The van der Waals surface area contributed by atoms with Gasteiger partial charge in [-0.1, -0.05) is 42.1 Å². The minimum Gasteiger partial charge on any atom is -0.366 e. The minimum absolute atomic E-state index is 0.145. The molecule has 5 rings (SSSR count). The smallest absolute Gasteiger partial charge is 0.250 e. The summed E-state index contributed by atoms with van der Waals surface area (Å²) in [6.07, 6.45) is 4.09. The Kier molecular flexibility index (Phi) is 4.95. The first kappa shape index (κ1) is 19.4. The van der Waals surface area contributed by atoms with Crippen LogP contribution in [0.25, 0.3) is 22.3 Å². The third kappa shape index (κ3) is 3.79. The van der Waals surface area contributed by atoms with Crippen LogP contribution >= 0.6 is 11.8 Å². The number of nitrogens with one attached hydrogen (secondary N) is 2. The summed E-state index contributed by atoms with van der Waals surface area (Å²) in [5.74, 6) is 0.131. The first-order valence-electron chi connectivity index (χ1n) is 9.94. The molecule has 0 radical (unpaired) electrons. The van der Waals surface area contributed by atoms with E-state index in [9.17, 15) is 9.59 Å². The number of nitrogens with zero attached hydrogens (tertiary/aromatic N) is 3. The Morgan fingerprint density at radius 2 is 1.90 bits per heavy atom. The molecule has 8 nitrogen and oxygen atoms in total. The second kappa shape index (κ2) is 7.92. The van der Waals surface area contributed by atoms with E-state index >= 15 is 0 Å². The predicted octanol–water partition coefficient (Wildman–Crippen LogP) is 3.59. The summed E-state index contributed by atoms with van der Waals surface area (Å²) in [6, 6.07) is 15.1. The van der Waals surface area contributed by atoms with Crippen LogP contribution in [-0.2, 0) is 4.79 Å². The molecule has 2 aromatic carbocycles. The fourth-order valence-corrected chi connectivity index (χ4v) is 4.41. The zero-order valence-corrected chi connectivity index (χ0v) is 17.4. The summed E-state index contributed by atoms with van der Waals surface area (Å²) < 4.78 is 2.13. The van der Waals surface area contributed by atoms with E-state index < -0.39 is 5.91 Å². The predicted molar refractivity (Wildman–Crippen MR) is 120 cm³/mol. The lowest BCUT2D eigenvalue weighted by Crippen LogP contribution is -2.19. The number of rotatable bonds is 7. The number of hydrogen-bond donors (Lipinski definition) is 3. The van der Waals surface area contributed by atoms with E-state index in [2.05, 4.69) is 31.1 Å². The Morgan fingerprint density at radius 3 is 2.71 bits per heavy atom. The van der Waals surface area contributed by atoms with Gasteiger partial charge in [0.2, 0.25) is 5.91 Å². The van der Waals surface area contributed by atoms with E-state index in [1.165, 1.54) is 11.8 Å². The molecule has 1 aliphatic rings. The van der Waals surface area contributed by atoms with E-state index in [1.54, 1.807) is 24.3 Å². The average Bonchev–Trinajstić information content (AvgIpc) is 3.38. The Morgan fingerprint density at radius 1 is 1.13 bits per heavy atom. The van der Waals surface area contributed by atoms with E-state index in [0.29, 0.717) is 16.9 Å². The molecule has 1 fully saturated rings. The Balaban J connectivity index is 1.36. The minimum atomic E-state index is -0.583. The fraction of sp³-hybridized carbons (Fsp3) is 0.182. The number of carbonyl (C=O) groups is 2. The maximum atomic E-state index is 12.5. The molecule has 9 heteroatoms. The van der Waals surface area contributed by atoms with Crippen LogP contribution in [-0.4, -0.2) is 37.3 Å². The van der Waals surface area contributed by atoms with Crippen LogP contribution in [0, 0.1) is 0 Å². The summed E-state index contributed by atoms with van der Waals surface area (Å²) >= 11 is 1.33. The fourth-order valence-electron chi connectivity index (χ4n) is 3.60. The molecule has 0 bridgehead atoms. The number of benzene rings is 2. The number of hydrogen-bond acceptors (Lipinski definition) is 5. The highest BCUT2D eigenvalue weighted by Gasteiger charge is 2.31. The van der Waals surface area contributed by atoms with E-state index in [0.717, 1.165) is 35.1 Å². The molecule has 2 aromatic heterocycles. The molecule has 0 spiro atoms. The third-order valence-electron chi connectivity index (χ3n) is 5.21. The Bertz CT molecular complexity index is 1290. The van der Waals surface area contributed by atoms with Crippen LogP contribution in [0.4, 0.5) is 5.69 Å². The lowest BCUT2D eigenvalue weighted by atomic mass is 10.1. The third-order valence-corrected chi connectivity index (χ3v) is 6.15. The standard InChI is InChI=1S/C22H20N6O2S/c23-20(30)15-6-2-4-8-18(15)25-19(29)12-31-22-27-26-21(28(22)13-9-10-13)16-11-24-17-7-3-1-5-14(16)17/h1-8,11,13,24H,9-10,12H2,(H2,23,30)(H,25,29). The number of anilines is 1. The number of nitrogens with two attached hydrogens (primary N) is 1. The highest BCUT2D eigenvalue weighted by atomic mass is 32.2. The summed E-state index contributed by atoms with van der Waals surface area (Å²) in [6.45, 7) is 0. The topological polar surface area (TPSA) is 119 Å². The van der Waals surface area contributed by atoms with Gasteiger partial charge in [0.25, 0.3) is 5.91 Å². The molecule has 4 aromatic rings. The van der Waals surface area contributed by atoms with E-state index in [-0.39, 0.29) is 17.2 Å². The summed E-state index contributed by atoms with van der Waals surface area (Å²) in [5.41, 5.74) is 8.12. The van der Waals surface area contributed by atoms with Gasteiger partial charge in [0.1, 0.15) is 0 Å². The lowest BCUT2D eigenvalue weighted by Gasteiger charge is -2.10. The van der Waals surface area contributed by atoms with Gasteiger partial charge in [-0.15, -0.1) is 10.2 Å². The molecule has 0 aliphatic heterocycles. The van der Waals surface area contributed by atoms with Crippen molar-refractivity contribution < 1.29 is 9.59 Å². The van der Waals surface area contributed by atoms with Crippen LogP contribution in [0.1, 0.15) is 29.2 Å². The van der Waals surface area contributed by atoms with Crippen molar-refractivity contribution in [1.29, 1.82) is 0 Å². The highest BCUT2D eigenvalue weighted by Crippen LogP contribution is 2.42. The van der Waals surface area contributed by atoms with Crippen molar-refractivity contribution in [3.63, 3.8) is 0 Å². The number of H-pyrrole nitrogens is 1. The summed E-state index contributed by atoms with van der Waals surface area (Å²) in [4.78, 5) is 27.4. The number of aromatic nitrogens is 4. The Labute approximate surface area is 182 Å². The van der Waals surface area contributed by atoms with Crippen LogP contribution in [0.15, 0.2) is 59.9 Å². The van der Waals surface area contributed by atoms with Gasteiger partial charge in [-0.3, -0.25) is 14.2 Å². The first-order chi connectivity index (χ1) is 15.1. The van der Waals surface area contributed by atoms with Crippen molar-refractivity contribution in [3.8, 4) is 11.4 Å². The molecular weight excluding hydrogens is 412 g/mol. The zero-order chi connectivity index (χ0) is 21.4. The maximum absolute atomic E-state index is 12.5. The van der Waals surface area contributed by atoms with Crippen LogP contribution in [0.5, 0.6) is 0 Å². The number of primary amides is 1. The van der Waals surface area contributed by atoms with Crippen molar-refractivity contribution in [2.45, 2.75) is 24.0 Å². The molecular formula is C22H20N6O2S. The molecule has 2 amide bonds. The van der Waals surface area contributed by atoms with Gasteiger partial charge in [-0.2, -0.15) is 0 Å². The number of thioether (sulfide) groups is 1. The van der Waals surface area contributed by atoms with Gasteiger partial charge < -0.3 is 16.0 Å². The first-order valence-corrected chi connectivity index (χ1v) is 10.9.